The topological polar surface area (TPSA) is 23.5 Å². The van der Waals surface area contributed by atoms with Gasteiger partial charge in [-0.25, -0.2) is 4.39 Å². The first kappa shape index (κ1) is 8.74. The zero-order valence-electron chi connectivity index (χ0n) is 6.52. The van der Waals surface area contributed by atoms with Gasteiger partial charge in [0.25, 0.3) is 0 Å². The van der Waals surface area contributed by atoms with Crippen LogP contribution in [0.2, 0.25) is 0 Å². The third-order valence-corrected chi connectivity index (χ3v) is 1.42. The highest BCUT2D eigenvalue weighted by Crippen LogP contribution is 2.09. The quantitative estimate of drug-likeness (QED) is 0.698. The number of nitrogens with zero attached hydrogens (tertiary/aromatic N) is 1. The molecule has 0 atom stereocenters. The van der Waals surface area contributed by atoms with Gasteiger partial charge in [0.2, 0.25) is 0 Å². The minimum Gasteiger partial charge on any atom is -0.288 e. The van der Waals surface area contributed by atoms with Crippen LogP contribution in [0, 0.1) is 0 Å². The molecule has 0 aliphatic rings. The van der Waals surface area contributed by atoms with E-state index in [1.807, 2.05) is 6.07 Å². The molecular weight excluding hydrogens is 157 g/mol. The summed E-state index contributed by atoms with van der Waals surface area (Å²) in [4.78, 5) is 0. The van der Waals surface area contributed by atoms with Gasteiger partial charge in [0, 0.05) is 0 Å². The number of halogens is 1. The Morgan fingerprint density at radius 3 is 2.58 bits per heavy atom. The summed E-state index contributed by atoms with van der Waals surface area (Å²) >= 11 is 0. The molecule has 0 amide bonds. The van der Waals surface area contributed by atoms with E-state index < -0.39 is 0 Å². The lowest BCUT2D eigenvalue weighted by Crippen LogP contribution is -2.17. The molecule has 64 valence electrons. The molecule has 0 fully saturated rings. The van der Waals surface area contributed by atoms with Gasteiger partial charge in [0.05, 0.1) is 18.6 Å². The Balaban J connectivity index is 2.59. The summed E-state index contributed by atoms with van der Waals surface area (Å²) in [6.07, 6.45) is 1.64. The molecule has 12 heavy (non-hydrogen) atoms. The molecule has 0 unspecified atom stereocenters. The largest absolute Gasteiger partial charge is 0.288 e. The number of hydrogen-bond acceptors (Lipinski definition) is 2. The number of hydrogen-bond donors (Lipinski definition) is 1. The van der Waals surface area contributed by atoms with Gasteiger partial charge in [0.1, 0.15) is 0 Å². The van der Waals surface area contributed by atoms with E-state index >= 15 is 0 Å². The lowest BCUT2D eigenvalue weighted by Gasteiger charge is -2.13. The maximum absolute atomic E-state index is 11.6. The Labute approximate surface area is 70.5 Å². The van der Waals surface area contributed by atoms with Gasteiger partial charge in [-0.05, 0) is 18.2 Å². The Morgan fingerprint density at radius 2 is 2.00 bits per heavy atom. The molecule has 0 heterocycles. The Kier molecular flexibility index (Phi) is 3.29. The smallest absolute Gasteiger partial charge is 0.0845 e. The fourth-order valence-corrected chi connectivity index (χ4v) is 0.845. The molecule has 0 aromatic heterocycles. The van der Waals surface area contributed by atoms with Gasteiger partial charge in [-0.1, -0.05) is 18.2 Å². The average Bonchev–Trinajstić information content (AvgIpc) is 2.15. The van der Waals surface area contributed by atoms with E-state index in [1.165, 1.54) is 6.08 Å². The summed E-state index contributed by atoms with van der Waals surface area (Å²) < 4.78 is 11.6. The van der Waals surface area contributed by atoms with Crippen LogP contribution in [-0.4, -0.2) is 11.8 Å². The van der Waals surface area contributed by atoms with Crippen molar-refractivity contribution in [3.05, 3.63) is 42.7 Å². The van der Waals surface area contributed by atoms with E-state index in [1.54, 1.807) is 24.3 Å². The molecule has 0 spiro atoms. The van der Waals surface area contributed by atoms with Crippen LogP contribution >= 0.6 is 0 Å². The predicted octanol–water partition coefficient (Wildman–Crippen LogP) is 2.37. The molecule has 0 aliphatic carbocycles. The molecule has 0 bridgehead atoms. The second-order valence-electron chi connectivity index (χ2n) is 2.28. The van der Waals surface area contributed by atoms with Crippen LogP contribution in [0.5, 0.6) is 0 Å². The molecule has 0 saturated heterocycles. The third-order valence-electron chi connectivity index (χ3n) is 1.42. The summed E-state index contributed by atoms with van der Waals surface area (Å²) in [5.74, 6) is 0. The van der Waals surface area contributed by atoms with Crippen molar-refractivity contribution in [3.63, 3.8) is 0 Å². The number of rotatable bonds is 3. The van der Waals surface area contributed by atoms with Crippen molar-refractivity contribution in [2.45, 2.75) is 0 Å². The number of anilines is 1. The van der Waals surface area contributed by atoms with Gasteiger partial charge >= 0.3 is 0 Å². The first-order valence-corrected chi connectivity index (χ1v) is 3.61. The molecule has 2 nitrogen and oxygen atoms in total. The molecule has 0 radical (unpaired) electrons. The summed E-state index contributed by atoms with van der Waals surface area (Å²) in [6, 6.07) is 8.94. The van der Waals surface area contributed by atoms with E-state index in [0.29, 0.717) is 12.0 Å². The molecule has 0 aliphatic heterocycles. The van der Waals surface area contributed by atoms with E-state index in [4.69, 9.17) is 0 Å². The SMILES string of the molecule is ON(C/C=C/F)c1ccccc1. The minimum absolute atomic E-state index is 0.153. The van der Waals surface area contributed by atoms with Crippen LogP contribution in [0.4, 0.5) is 10.1 Å². The molecule has 0 saturated carbocycles. The number of para-hydroxylation sites is 1. The standard InChI is InChI=1S/C9H10FNO/c10-7-4-8-11(12)9-5-2-1-3-6-9/h1-7,12H,8H2/b7-4+. The Hall–Kier alpha value is -1.35. The van der Waals surface area contributed by atoms with Crippen LogP contribution in [0.1, 0.15) is 0 Å². The normalized spacial score (nSPS) is 10.5. The minimum atomic E-state index is 0.153. The van der Waals surface area contributed by atoms with Crippen molar-refractivity contribution in [1.82, 2.24) is 0 Å². The first-order valence-electron chi connectivity index (χ1n) is 3.61. The van der Waals surface area contributed by atoms with E-state index in [9.17, 15) is 9.60 Å². The van der Waals surface area contributed by atoms with Crippen molar-refractivity contribution in [3.8, 4) is 0 Å². The lowest BCUT2D eigenvalue weighted by atomic mass is 10.3. The maximum atomic E-state index is 11.6. The second kappa shape index (κ2) is 4.51. The van der Waals surface area contributed by atoms with Gasteiger partial charge in [0.15, 0.2) is 0 Å². The fraction of sp³-hybridized carbons (Fsp3) is 0.111. The van der Waals surface area contributed by atoms with Gasteiger partial charge in [-0.2, -0.15) is 0 Å². The van der Waals surface area contributed by atoms with Crippen LogP contribution in [0.3, 0.4) is 0 Å². The highest BCUT2D eigenvalue weighted by molar-refractivity contribution is 5.43. The zero-order valence-corrected chi connectivity index (χ0v) is 6.52. The van der Waals surface area contributed by atoms with Crippen LogP contribution in [0.15, 0.2) is 42.7 Å². The lowest BCUT2D eigenvalue weighted by molar-refractivity contribution is 0.266. The monoisotopic (exact) mass is 167 g/mol. The highest BCUT2D eigenvalue weighted by Gasteiger charge is 1.97. The summed E-state index contributed by atoms with van der Waals surface area (Å²) in [7, 11) is 0. The van der Waals surface area contributed by atoms with Crippen molar-refractivity contribution < 1.29 is 9.60 Å². The summed E-state index contributed by atoms with van der Waals surface area (Å²) in [5.41, 5.74) is 0.649. The average molecular weight is 167 g/mol. The fourth-order valence-electron chi connectivity index (χ4n) is 0.845. The second-order valence-corrected chi connectivity index (χ2v) is 2.28. The number of hydroxylamine groups is 1. The van der Waals surface area contributed by atoms with Crippen molar-refractivity contribution in [2.24, 2.45) is 0 Å². The van der Waals surface area contributed by atoms with Crippen LogP contribution < -0.4 is 5.06 Å². The maximum Gasteiger partial charge on any atom is 0.0845 e. The molecule has 1 aromatic rings. The molecule has 1 N–H and O–H groups in total. The van der Waals surface area contributed by atoms with Crippen molar-refractivity contribution in [2.75, 3.05) is 11.6 Å². The summed E-state index contributed by atoms with van der Waals surface area (Å²) in [6.45, 7) is 0.153. The summed E-state index contributed by atoms with van der Waals surface area (Å²) in [5, 5.41) is 10.2. The number of benzene rings is 1. The third kappa shape index (κ3) is 2.36. The van der Waals surface area contributed by atoms with E-state index in [-0.39, 0.29) is 6.54 Å². The van der Waals surface area contributed by atoms with Gasteiger partial charge in [-0.15, -0.1) is 0 Å². The molecule has 1 rings (SSSR count). The predicted molar refractivity (Wildman–Crippen MR) is 45.8 cm³/mol. The van der Waals surface area contributed by atoms with Crippen LogP contribution in [-0.2, 0) is 0 Å². The Bertz CT molecular complexity index is 248. The Morgan fingerprint density at radius 1 is 1.33 bits per heavy atom. The molecule has 3 heteroatoms. The van der Waals surface area contributed by atoms with E-state index in [0.717, 1.165) is 5.06 Å². The molecule has 1 aromatic carbocycles. The molecular formula is C9H10FNO. The first-order chi connectivity index (χ1) is 5.84. The highest BCUT2D eigenvalue weighted by atomic mass is 19.1. The van der Waals surface area contributed by atoms with Crippen molar-refractivity contribution >= 4 is 5.69 Å². The van der Waals surface area contributed by atoms with Crippen molar-refractivity contribution in [1.29, 1.82) is 0 Å². The zero-order chi connectivity index (χ0) is 8.81. The van der Waals surface area contributed by atoms with E-state index in [2.05, 4.69) is 0 Å². The van der Waals surface area contributed by atoms with Gasteiger partial charge in [-0.3, -0.25) is 10.3 Å². The van der Waals surface area contributed by atoms with Crippen LogP contribution in [0.25, 0.3) is 0 Å². The van der Waals surface area contributed by atoms with Gasteiger partial charge < -0.3 is 0 Å².